The van der Waals surface area contributed by atoms with Crippen molar-refractivity contribution in [2.45, 2.75) is 26.0 Å². The Kier molecular flexibility index (Phi) is 6.90. The Morgan fingerprint density at radius 1 is 1.38 bits per heavy atom. The molecule has 0 radical (unpaired) electrons. The van der Waals surface area contributed by atoms with E-state index >= 15 is 0 Å². The van der Waals surface area contributed by atoms with Crippen molar-refractivity contribution in [3.05, 3.63) is 33.3 Å². The first kappa shape index (κ1) is 16.2. The van der Waals surface area contributed by atoms with E-state index in [-0.39, 0.29) is 18.3 Å². The highest BCUT2D eigenvalue weighted by atomic mass is 79.9. The fraction of sp³-hybridized carbons (Fsp3) is 0.455. The van der Waals surface area contributed by atoms with E-state index in [2.05, 4.69) is 15.9 Å². The standard InChI is InChI=1S/C11H15BrClNO.ClH/c1-6(2)11(15)10(14)8-4-3-7(13)5-9(8)12;/h3-6,10-11,15H,14H2,1-2H3;1H/t10-,11+;/m1./s1. The first-order chi connectivity index (χ1) is 6.93. The molecule has 0 saturated carbocycles. The summed E-state index contributed by atoms with van der Waals surface area (Å²) in [7, 11) is 0. The number of hydrogen-bond donors (Lipinski definition) is 2. The van der Waals surface area contributed by atoms with E-state index in [1.54, 1.807) is 12.1 Å². The molecule has 0 heterocycles. The van der Waals surface area contributed by atoms with Crippen LogP contribution in [0.4, 0.5) is 0 Å². The number of halogens is 3. The van der Waals surface area contributed by atoms with Crippen LogP contribution >= 0.6 is 39.9 Å². The van der Waals surface area contributed by atoms with Gasteiger partial charge in [-0.05, 0) is 23.6 Å². The van der Waals surface area contributed by atoms with Crippen LogP contribution in [0, 0.1) is 5.92 Å². The third-order valence-corrected chi connectivity index (χ3v) is 3.29. The van der Waals surface area contributed by atoms with Gasteiger partial charge >= 0.3 is 0 Å². The molecule has 0 spiro atoms. The van der Waals surface area contributed by atoms with Gasteiger partial charge in [-0.2, -0.15) is 0 Å². The van der Waals surface area contributed by atoms with Crippen molar-refractivity contribution >= 4 is 39.9 Å². The van der Waals surface area contributed by atoms with Crippen LogP contribution in [-0.4, -0.2) is 11.2 Å². The molecule has 0 aliphatic heterocycles. The highest BCUT2D eigenvalue weighted by Crippen LogP contribution is 2.28. The molecule has 0 bridgehead atoms. The number of benzene rings is 1. The Balaban J connectivity index is 0.00000225. The van der Waals surface area contributed by atoms with E-state index in [0.717, 1.165) is 10.0 Å². The third kappa shape index (κ3) is 3.90. The molecule has 0 aromatic heterocycles. The van der Waals surface area contributed by atoms with Gasteiger partial charge in [-0.1, -0.05) is 47.4 Å². The lowest BCUT2D eigenvalue weighted by molar-refractivity contribution is 0.0977. The number of nitrogens with two attached hydrogens (primary N) is 1. The van der Waals surface area contributed by atoms with Crippen LogP contribution in [0.1, 0.15) is 25.5 Å². The van der Waals surface area contributed by atoms with Gasteiger partial charge in [0.05, 0.1) is 12.1 Å². The molecule has 0 unspecified atom stereocenters. The van der Waals surface area contributed by atoms with E-state index in [0.29, 0.717) is 5.02 Å². The van der Waals surface area contributed by atoms with Crippen molar-refractivity contribution in [2.75, 3.05) is 0 Å². The number of hydrogen-bond acceptors (Lipinski definition) is 2. The molecular formula is C11H16BrCl2NO. The molecule has 0 fully saturated rings. The van der Waals surface area contributed by atoms with E-state index in [9.17, 15) is 5.11 Å². The first-order valence-corrected chi connectivity index (χ1v) is 5.99. The molecule has 5 heteroatoms. The van der Waals surface area contributed by atoms with Crippen LogP contribution in [0.3, 0.4) is 0 Å². The molecule has 2 nitrogen and oxygen atoms in total. The van der Waals surface area contributed by atoms with Gasteiger partial charge in [0, 0.05) is 9.50 Å². The Morgan fingerprint density at radius 3 is 2.38 bits per heavy atom. The second-order valence-corrected chi connectivity index (χ2v) is 5.22. The van der Waals surface area contributed by atoms with Gasteiger partial charge in [0.2, 0.25) is 0 Å². The van der Waals surface area contributed by atoms with E-state index in [1.807, 2.05) is 19.9 Å². The predicted molar refractivity (Wildman–Crippen MR) is 74.2 cm³/mol. The topological polar surface area (TPSA) is 46.2 Å². The van der Waals surface area contributed by atoms with Crippen LogP contribution in [-0.2, 0) is 0 Å². The number of aliphatic hydroxyl groups excluding tert-OH is 1. The second-order valence-electron chi connectivity index (χ2n) is 3.93. The number of aliphatic hydroxyl groups is 1. The summed E-state index contributed by atoms with van der Waals surface area (Å²) in [6, 6.07) is 5.00. The fourth-order valence-electron chi connectivity index (χ4n) is 1.37. The van der Waals surface area contributed by atoms with Crippen LogP contribution in [0.25, 0.3) is 0 Å². The van der Waals surface area contributed by atoms with Crippen molar-refractivity contribution in [1.29, 1.82) is 0 Å². The summed E-state index contributed by atoms with van der Waals surface area (Å²) in [6.45, 7) is 3.88. The molecule has 92 valence electrons. The summed E-state index contributed by atoms with van der Waals surface area (Å²) < 4.78 is 0.835. The summed E-state index contributed by atoms with van der Waals surface area (Å²) >= 11 is 9.22. The molecule has 0 saturated heterocycles. The third-order valence-electron chi connectivity index (χ3n) is 2.37. The zero-order chi connectivity index (χ0) is 11.6. The molecule has 0 aliphatic carbocycles. The minimum Gasteiger partial charge on any atom is -0.391 e. The largest absolute Gasteiger partial charge is 0.391 e. The van der Waals surface area contributed by atoms with Crippen molar-refractivity contribution in [3.8, 4) is 0 Å². The fourth-order valence-corrected chi connectivity index (χ4v) is 2.32. The molecule has 3 N–H and O–H groups in total. The molecule has 1 aromatic carbocycles. The summed E-state index contributed by atoms with van der Waals surface area (Å²) in [4.78, 5) is 0. The van der Waals surface area contributed by atoms with Crippen LogP contribution in [0.15, 0.2) is 22.7 Å². The minimum absolute atomic E-state index is 0. The van der Waals surface area contributed by atoms with Gasteiger partial charge in [0.1, 0.15) is 0 Å². The molecule has 1 aromatic rings. The first-order valence-electron chi connectivity index (χ1n) is 4.82. The van der Waals surface area contributed by atoms with Crippen LogP contribution < -0.4 is 5.73 Å². The van der Waals surface area contributed by atoms with E-state index in [1.165, 1.54) is 0 Å². The zero-order valence-electron chi connectivity index (χ0n) is 9.15. The average molecular weight is 329 g/mol. The Hall–Kier alpha value is 0.200. The van der Waals surface area contributed by atoms with E-state index < -0.39 is 12.1 Å². The Bertz CT molecular complexity index is 347. The molecule has 16 heavy (non-hydrogen) atoms. The smallest absolute Gasteiger partial charge is 0.0756 e. The lowest BCUT2D eigenvalue weighted by atomic mass is 9.94. The quantitative estimate of drug-likeness (QED) is 0.891. The molecule has 0 aliphatic rings. The summed E-state index contributed by atoms with van der Waals surface area (Å²) in [5.74, 6) is 0.127. The second kappa shape index (κ2) is 6.82. The van der Waals surface area contributed by atoms with Crippen molar-refractivity contribution in [2.24, 2.45) is 11.7 Å². The molecular weight excluding hydrogens is 313 g/mol. The monoisotopic (exact) mass is 327 g/mol. The normalized spacial score (nSPS) is 14.4. The van der Waals surface area contributed by atoms with E-state index in [4.69, 9.17) is 17.3 Å². The lowest BCUT2D eigenvalue weighted by Crippen LogP contribution is -2.30. The van der Waals surface area contributed by atoms with Crippen molar-refractivity contribution in [3.63, 3.8) is 0 Å². The van der Waals surface area contributed by atoms with Gasteiger partial charge in [-0.15, -0.1) is 12.4 Å². The molecule has 0 amide bonds. The molecule has 2 atom stereocenters. The summed E-state index contributed by atoms with van der Waals surface area (Å²) in [5, 5.41) is 10.5. The van der Waals surface area contributed by atoms with Gasteiger partial charge in [0.15, 0.2) is 0 Å². The lowest BCUT2D eigenvalue weighted by Gasteiger charge is -2.23. The predicted octanol–water partition coefficient (Wildman–Crippen LogP) is 3.54. The van der Waals surface area contributed by atoms with Crippen LogP contribution in [0.5, 0.6) is 0 Å². The Morgan fingerprint density at radius 2 is 1.94 bits per heavy atom. The maximum atomic E-state index is 9.86. The van der Waals surface area contributed by atoms with Gasteiger partial charge < -0.3 is 10.8 Å². The summed E-state index contributed by atoms with van der Waals surface area (Å²) in [6.07, 6.45) is -0.553. The maximum Gasteiger partial charge on any atom is 0.0756 e. The van der Waals surface area contributed by atoms with Crippen molar-refractivity contribution < 1.29 is 5.11 Å². The SMILES string of the molecule is CC(C)[C@H](O)[C@H](N)c1ccc(Cl)cc1Br.Cl. The average Bonchev–Trinajstić information content (AvgIpc) is 2.15. The minimum atomic E-state index is -0.553. The van der Waals surface area contributed by atoms with Crippen molar-refractivity contribution in [1.82, 2.24) is 0 Å². The number of rotatable bonds is 3. The van der Waals surface area contributed by atoms with Gasteiger partial charge in [-0.25, -0.2) is 0 Å². The summed E-state index contributed by atoms with van der Waals surface area (Å²) in [5.41, 5.74) is 6.84. The van der Waals surface area contributed by atoms with Gasteiger partial charge in [0.25, 0.3) is 0 Å². The zero-order valence-corrected chi connectivity index (χ0v) is 12.3. The highest BCUT2D eigenvalue weighted by Gasteiger charge is 2.21. The molecule has 1 rings (SSSR count). The van der Waals surface area contributed by atoms with Gasteiger partial charge in [-0.3, -0.25) is 0 Å². The maximum absolute atomic E-state index is 9.86. The Labute approximate surface area is 116 Å². The highest BCUT2D eigenvalue weighted by molar-refractivity contribution is 9.10. The van der Waals surface area contributed by atoms with Crippen LogP contribution in [0.2, 0.25) is 5.02 Å².